The number of nitrogens with zero attached hydrogens (tertiary/aromatic N) is 1. The van der Waals surface area contributed by atoms with Gasteiger partial charge in [0.1, 0.15) is 0 Å². The Hall–Kier alpha value is -1.81. The van der Waals surface area contributed by atoms with Crippen LogP contribution < -0.4 is 5.32 Å². The van der Waals surface area contributed by atoms with Crippen LogP contribution in [0.2, 0.25) is 0 Å². The second kappa shape index (κ2) is 5.05. The molecule has 1 aromatic heterocycles. The summed E-state index contributed by atoms with van der Waals surface area (Å²) in [6.07, 6.45) is 4.46. The van der Waals surface area contributed by atoms with Crippen LogP contribution in [0.1, 0.15) is 23.2 Å². The highest BCUT2D eigenvalue weighted by Gasteiger charge is 2.25. The molecule has 0 bridgehead atoms. The summed E-state index contributed by atoms with van der Waals surface area (Å²) in [5.41, 5.74) is 1.63. The fraction of sp³-hybridized carbons (Fsp3) is 0.400. The van der Waals surface area contributed by atoms with Crippen LogP contribution in [0.4, 0.5) is 0 Å². The number of fused-ring (bicyclic) bond motifs is 1. The molecule has 1 heterocycles. The number of para-hydroxylation sites is 1. The van der Waals surface area contributed by atoms with Crippen LogP contribution in [0.3, 0.4) is 0 Å². The van der Waals surface area contributed by atoms with Gasteiger partial charge in [-0.25, -0.2) is 0 Å². The van der Waals surface area contributed by atoms with Crippen LogP contribution in [-0.4, -0.2) is 42.0 Å². The zero-order valence-electron chi connectivity index (χ0n) is 11.1. The van der Waals surface area contributed by atoms with Gasteiger partial charge in [-0.3, -0.25) is 4.79 Å². The van der Waals surface area contributed by atoms with E-state index in [1.54, 1.807) is 0 Å². The summed E-state index contributed by atoms with van der Waals surface area (Å²) < 4.78 is 0. The van der Waals surface area contributed by atoms with Gasteiger partial charge < -0.3 is 15.2 Å². The Bertz CT molecular complexity index is 586. The lowest BCUT2D eigenvalue weighted by Gasteiger charge is -2.15. The summed E-state index contributed by atoms with van der Waals surface area (Å²) in [4.78, 5) is 17.6. The van der Waals surface area contributed by atoms with E-state index in [9.17, 15) is 4.79 Å². The zero-order chi connectivity index (χ0) is 13.2. The Morgan fingerprint density at radius 1 is 1.42 bits per heavy atom. The van der Waals surface area contributed by atoms with E-state index < -0.39 is 0 Å². The number of carbonyl (C=O) groups is 1. The number of benzene rings is 1. The number of hydrogen-bond acceptors (Lipinski definition) is 2. The van der Waals surface area contributed by atoms with Gasteiger partial charge in [0.15, 0.2) is 0 Å². The number of hydrogen-bond donors (Lipinski definition) is 2. The van der Waals surface area contributed by atoms with E-state index in [2.05, 4.69) is 22.2 Å². The normalized spacial score (nSPS) is 15.1. The van der Waals surface area contributed by atoms with Crippen LogP contribution in [0.15, 0.2) is 30.5 Å². The molecule has 2 aromatic rings. The molecule has 19 heavy (non-hydrogen) atoms. The van der Waals surface area contributed by atoms with Crippen LogP contribution in [-0.2, 0) is 0 Å². The summed E-state index contributed by atoms with van der Waals surface area (Å²) in [6.45, 7) is 1.61. The summed E-state index contributed by atoms with van der Waals surface area (Å²) in [5, 5.41) is 4.07. The van der Waals surface area contributed by atoms with E-state index in [0.29, 0.717) is 6.54 Å². The minimum Gasteiger partial charge on any atom is -0.361 e. The van der Waals surface area contributed by atoms with Crippen molar-refractivity contribution in [2.24, 2.45) is 0 Å². The predicted octanol–water partition coefficient (Wildman–Crippen LogP) is 1.99. The SMILES string of the molecule is CN(CCNC(=O)c1cccc2cc[nH]c12)C1CC1. The highest BCUT2D eigenvalue weighted by Crippen LogP contribution is 2.24. The van der Waals surface area contributed by atoms with Crippen LogP contribution in [0.25, 0.3) is 10.9 Å². The lowest BCUT2D eigenvalue weighted by atomic mass is 10.1. The van der Waals surface area contributed by atoms with E-state index in [0.717, 1.165) is 29.1 Å². The molecule has 1 saturated carbocycles. The Balaban J connectivity index is 1.61. The average Bonchev–Trinajstić information content (AvgIpc) is 3.15. The molecule has 0 radical (unpaired) electrons. The van der Waals surface area contributed by atoms with Gasteiger partial charge in [0.2, 0.25) is 0 Å². The number of likely N-dealkylation sites (N-methyl/N-ethyl adjacent to an activating group) is 1. The first-order valence-corrected chi connectivity index (χ1v) is 6.80. The quantitative estimate of drug-likeness (QED) is 0.860. The number of rotatable bonds is 5. The zero-order valence-corrected chi connectivity index (χ0v) is 11.1. The molecule has 0 saturated heterocycles. The molecule has 4 heteroatoms. The summed E-state index contributed by atoms with van der Waals surface area (Å²) in [6, 6.07) is 8.50. The van der Waals surface area contributed by atoms with Crippen molar-refractivity contribution in [2.45, 2.75) is 18.9 Å². The maximum absolute atomic E-state index is 12.2. The minimum absolute atomic E-state index is 0.00255. The number of amides is 1. The number of aromatic nitrogens is 1. The number of nitrogens with one attached hydrogen (secondary N) is 2. The van der Waals surface area contributed by atoms with Gasteiger partial charge in [-0.1, -0.05) is 12.1 Å². The van der Waals surface area contributed by atoms with Crippen molar-refractivity contribution in [3.05, 3.63) is 36.0 Å². The van der Waals surface area contributed by atoms with Crippen molar-refractivity contribution < 1.29 is 4.79 Å². The highest BCUT2D eigenvalue weighted by molar-refractivity contribution is 6.05. The largest absolute Gasteiger partial charge is 0.361 e. The lowest BCUT2D eigenvalue weighted by molar-refractivity contribution is 0.0951. The third-order valence-corrected chi connectivity index (χ3v) is 3.75. The van der Waals surface area contributed by atoms with E-state index >= 15 is 0 Å². The van der Waals surface area contributed by atoms with Crippen molar-refractivity contribution in [2.75, 3.05) is 20.1 Å². The van der Waals surface area contributed by atoms with Crippen molar-refractivity contribution in [1.82, 2.24) is 15.2 Å². The van der Waals surface area contributed by atoms with Crippen LogP contribution in [0, 0.1) is 0 Å². The third kappa shape index (κ3) is 2.63. The first-order valence-electron chi connectivity index (χ1n) is 6.80. The third-order valence-electron chi connectivity index (χ3n) is 3.75. The van der Waals surface area contributed by atoms with Gasteiger partial charge in [0, 0.05) is 30.7 Å². The fourth-order valence-corrected chi connectivity index (χ4v) is 2.41. The molecule has 1 aliphatic carbocycles. The smallest absolute Gasteiger partial charge is 0.253 e. The molecule has 1 fully saturated rings. The topological polar surface area (TPSA) is 48.1 Å². The summed E-state index contributed by atoms with van der Waals surface area (Å²) in [7, 11) is 2.12. The number of aromatic amines is 1. The molecule has 4 nitrogen and oxygen atoms in total. The molecule has 1 amide bonds. The van der Waals surface area contributed by atoms with E-state index in [1.165, 1.54) is 12.8 Å². The standard InChI is InChI=1S/C15H19N3O/c1-18(12-5-6-12)10-9-17-15(19)13-4-2-3-11-7-8-16-14(11)13/h2-4,7-8,12,16H,5-6,9-10H2,1H3,(H,17,19). The first-order chi connectivity index (χ1) is 9.25. The Morgan fingerprint density at radius 2 is 2.26 bits per heavy atom. The fourth-order valence-electron chi connectivity index (χ4n) is 2.41. The molecule has 0 aliphatic heterocycles. The van der Waals surface area contributed by atoms with Gasteiger partial charge in [-0.15, -0.1) is 0 Å². The van der Waals surface area contributed by atoms with Crippen molar-refractivity contribution in [3.8, 4) is 0 Å². The molecular formula is C15H19N3O. The first kappa shape index (κ1) is 12.2. The van der Waals surface area contributed by atoms with Gasteiger partial charge in [-0.2, -0.15) is 0 Å². The van der Waals surface area contributed by atoms with Crippen molar-refractivity contribution in [1.29, 1.82) is 0 Å². The van der Waals surface area contributed by atoms with E-state index in [1.807, 2.05) is 30.5 Å². The maximum Gasteiger partial charge on any atom is 0.253 e. The molecule has 100 valence electrons. The second-order valence-electron chi connectivity index (χ2n) is 5.22. The van der Waals surface area contributed by atoms with Gasteiger partial charge >= 0.3 is 0 Å². The Labute approximate surface area is 112 Å². The highest BCUT2D eigenvalue weighted by atomic mass is 16.1. The Kier molecular flexibility index (Phi) is 3.25. The average molecular weight is 257 g/mol. The monoisotopic (exact) mass is 257 g/mol. The van der Waals surface area contributed by atoms with Crippen molar-refractivity contribution in [3.63, 3.8) is 0 Å². The van der Waals surface area contributed by atoms with E-state index in [4.69, 9.17) is 0 Å². The molecule has 0 unspecified atom stereocenters. The van der Waals surface area contributed by atoms with Gasteiger partial charge in [0.25, 0.3) is 5.91 Å². The minimum atomic E-state index is -0.00255. The van der Waals surface area contributed by atoms with Crippen molar-refractivity contribution >= 4 is 16.8 Å². The number of H-pyrrole nitrogens is 1. The van der Waals surface area contributed by atoms with E-state index in [-0.39, 0.29) is 5.91 Å². The molecule has 3 rings (SSSR count). The maximum atomic E-state index is 12.2. The molecule has 0 spiro atoms. The second-order valence-corrected chi connectivity index (χ2v) is 5.22. The van der Waals surface area contributed by atoms with Gasteiger partial charge in [-0.05, 0) is 32.0 Å². The molecule has 0 atom stereocenters. The molecular weight excluding hydrogens is 238 g/mol. The molecule has 2 N–H and O–H groups in total. The Morgan fingerprint density at radius 3 is 3.05 bits per heavy atom. The van der Waals surface area contributed by atoms with Gasteiger partial charge in [0.05, 0.1) is 11.1 Å². The van der Waals surface area contributed by atoms with Crippen LogP contribution in [0.5, 0.6) is 0 Å². The number of carbonyl (C=O) groups excluding carboxylic acids is 1. The summed E-state index contributed by atoms with van der Waals surface area (Å²) in [5.74, 6) is -0.00255. The molecule has 1 aliphatic rings. The summed E-state index contributed by atoms with van der Waals surface area (Å²) >= 11 is 0. The predicted molar refractivity (Wildman–Crippen MR) is 76.3 cm³/mol. The van der Waals surface area contributed by atoms with Crippen LogP contribution >= 0.6 is 0 Å². The lowest BCUT2D eigenvalue weighted by Crippen LogP contribution is -2.34. The molecule has 1 aromatic carbocycles.